The fourth-order valence-corrected chi connectivity index (χ4v) is 2.52. The summed E-state index contributed by atoms with van der Waals surface area (Å²) >= 11 is 0.397. The zero-order valence-electron chi connectivity index (χ0n) is 14.1. The molecule has 0 spiro atoms. The molecule has 1 unspecified atom stereocenters. The number of rotatable bonds is 7. The average Bonchev–Trinajstić information content (AvgIpc) is 2.62. The van der Waals surface area contributed by atoms with Crippen LogP contribution in [0, 0.1) is 0 Å². The molecule has 0 aliphatic heterocycles. The quantitative estimate of drug-likeness (QED) is 0.555. The third kappa shape index (κ3) is 6.07. The van der Waals surface area contributed by atoms with Gasteiger partial charge in [-0.1, -0.05) is 11.8 Å². The molecule has 142 valence electrons. The summed E-state index contributed by atoms with van der Waals surface area (Å²) in [6, 6.07) is 11.3. The molecule has 9 heteroatoms. The van der Waals surface area contributed by atoms with Gasteiger partial charge in [-0.25, -0.2) is 4.79 Å². The van der Waals surface area contributed by atoms with Crippen LogP contribution in [-0.2, 0) is 9.53 Å². The largest absolute Gasteiger partial charge is 0.449 e. The van der Waals surface area contributed by atoms with E-state index in [1.54, 1.807) is 0 Å². The number of nitrogens with one attached hydrogen (secondary N) is 1. The van der Waals surface area contributed by atoms with E-state index in [2.05, 4.69) is 5.32 Å². The lowest BCUT2D eigenvalue weighted by Crippen LogP contribution is -2.30. The van der Waals surface area contributed by atoms with Crippen molar-refractivity contribution in [2.24, 2.45) is 5.73 Å². The molecule has 0 aromatic heterocycles. The predicted molar refractivity (Wildman–Crippen MR) is 96.8 cm³/mol. The van der Waals surface area contributed by atoms with E-state index in [0.717, 1.165) is 0 Å². The third-order valence-corrected chi connectivity index (χ3v) is 4.13. The second kappa shape index (κ2) is 9.13. The Labute approximate surface area is 158 Å². The van der Waals surface area contributed by atoms with E-state index >= 15 is 0 Å². The number of primary amides is 1. The fourth-order valence-electron chi connectivity index (χ4n) is 2.02. The van der Waals surface area contributed by atoms with Crippen LogP contribution < -0.4 is 11.1 Å². The Morgan fingerprint density at radius 3 is 2.07 bits per heavy atom. The van der Waals surface area contributed by atoms with Crippen LogP contribution >= 0.6 is 11.8 Å². The number of carbonyl (C=O) groups is 3. The number of carbonyl (C=O) groups excluding carboxylic acids is 3. The van der Waals surface area contributed by atoms with Crippen molar-refractivity contribution >= 4 is 35.2 Å². The minimum atomic E-state index is -2.53. The standard InChI is InChI=1S/C18H16F2N2O4S/c1-10(26-17(25)12-4-2-11(3-5-12)15(21)23)16(24)22-13-6-8-14(9-7-13)27-18(19)20/h2-10,18H,1H3,(H2,21,23)(H,22,24). The summed E-state index contributed by atoms with van der Waals surface area (Å²) in [6.07, 6.45) is -1.09. The highest BCUT2D eigenvalue weighted by atomic mass is 32.2. The molecule has 2 rings (SSSR count). The maximum Gasteiger partial charge on any atom is 0.338 e. The molecule has 27 heavy (non-hydrogen) atoms. The minimum Gasteiger partial charge on any atom is -0.449 e. The van der Waals surface area contributed by atoms with Crippen molar-refractivity contribution in [1.29, 1.82) is 0 Å². The average molecular weight is 394 g/mol. The zero-order valence-corrected chi connectivity index (χ0v) is 15.0. The number of thioether (sulfide) groups is 1. The maximum absolute atomic E-state index is 12.3. The molecule has 0 heterocycles. The highest BCUT2D eigenvalue weighted by molar-refractivity contribution is 7.99. The molecule has 2 aromatic rings. The van der Waals surface area contributed by atoms with E-state index < -0.39 is 29.6 Å². The van der Waals surface area contributed by atoms with Crippen molar-refractivity contribution in [2.75, 3.05) is 5.32 Å². The lowest BCUT2D eigenvalue weighted by Gasteiger charge is -2.14. The lowest BCUT2D eigenvalue weighted by atomic mass is 10.1. The summed E-state index contributed by atoms with van der Waals surface area (Å²) in [5.74, 6) is -4.47. The number of amides is 2. The number of hydrogen-bond acceptors (Lipinski definition) is 5. The van der Waals surface area contributed by atoms with Crippen molar-refractivity contribution in [1.82, 2.24) is 0 Å². The molecular weight excluding hydrogens is 378 g/mol. The van der Waals surface area contributed by atoms with Gasteiger partial charge in [-0.3, -0.25) is 9.59 Å². The van der Waals surface area contributed by atoms with Crippen LogP contribution in [0.25, 0.3) is 0 Å². The van der Waals surface area contributed by atoms with E-state index in [1.165, 1.54) is 55.5 Å². The molecule has 3 N–H and O–H groups in total. The summed E-state index contributed by atoms with van der Waals surface area (Å²) in [5, 5.41) is 2.53. The molecule has 2 amide bonds. The monoisotopic (exact) mass is 394 g/mol. The first kappa shape index (κ1) is 20.4. The molecule has 1 atom stereocenters. The number of alkyl halides is 2. The maximum atomic E-state index is 12.3. The van der Waals surface area contributed by atoms with Crippen molar-refractivity contribution in [2.45, 2.75) is 23.7 Å². The highest BCUT2D eigenvalue weighted by Crippen LogP contribution is 2.26. The smallest absolute Gasteiger partial charge is 0.338 e. The van der Waals surface area contributed by atoms with Crippen LogP contribution in [0.2, 0.25) is 0 Å². The molecule has 6 nitrogen and oxygen atoms in total. The summed E-state index contributed by atoms with van der Waals surface area (Å²) in [4.78, 5) is 35.5. The number of anilines is 1. The molecule has 0 aliphatic rings. The second-order valence-corrected chi connectivity index (χ2v) is 6.44. The van der Waals surface area contributed by atoms with Crippen LogP contribution in [0.5, 0.6) is 0 Å². The van der Waals surface area contributed by atoms with Crippen LogP contribution in [0.15, 0.2) is 53.4 Å². The summed E-state index contributed by atoms with van der Waals surface area (Å²) < 4.78 is 29.6. The van der Waals surface area contributed by atoms with Crippen molar-refractivity contribution < 1.29 is 27.9 Å². The normalized spacial score (nSPS) is 11.7. The van der Waals surface area contributed by atoms with Gasteiger partial charge in [-0.15, -0.1) is 0 Å². The molecular formula is C18H16F2N2O4S. The fraction of sp³-hybridized carbons (Fsp3) is 0.167. The van der Waals surface area contributed by atoms with Crippen molar-refractivity contribution in [3.8, 4) is 0 Å². The number of ether oxygens (including phenoxy) is 1. The Bertz CT molecular complexity index is 826. The third-order valence-electron chi connectivity index (χ3n) is 3.41. The highest BCUT2D eigenvalue weighted by Gasteiger charge is 2.19. The van der Waals surface area contributed by atoms with Gasteiger partial charge in [0, 0.05) is 16.1 Å². The van der Waals surface area contributed by atoms with Crippen LogP contribution in [0.1, 0.15) is 27.6 Å². The van der Waals surface area contributed by atoms with Gasteiger partial charge in [-0.05, 0) is 55.5 Å². The SMILES string of the molecule is CC(OC(=O)c1ccc(C(N)=O)cc1)C(=O)Nc1ccc(SC(F)F)cc1. The number of hydrogen-bond donors (Lipinski definition) is 2. The van der Waals surface area contributed by atoms with Gasteiger partial charge in [-0.2, -0.15) is 8.78 Å². The first-order valence-electron chi connectivity index (χ1n) is 7.73. The van der Waals surface area contributed by atoms with Gasteiger partial charge in [0.2, 0.25) is 5.91 Å². The Morgan fingerprint density at radius 2 is 1.56 bits per heavy atom. The molecule has 0 bridgehead atoms. The van der Waals surface area contributed by atoms with Gasteiger partial charge in [0.05, 0.1) is 5.56 Å². The van der Waals surface area contributed by atoms with Gasteiger partial charge in [0.25, 0.3) is 11.7 Å². The van der Waals surface area contributed by atoms with E-state index in [4.69, 9.17) is 10.5 Å². The summed E-state index contributed by atoms with van der Waals surface area (Å²) in [5.41, 5.74) is 5.90. The summed E-state index contributed by atoms with van der Waals surface area (Å²) in [7, 11) is 0. The topological polar surface area (TPSA) is 98.5 Å². The molecule has 2 aromatic carbocycles. The first-order valence-corrected chi connectivity index (χ1v) is 8.61. The number of halogens is 2. The van der Waals surface area contributed by atoms with Gasteiger partial charge < -0.3 is 15.8 Å². The van der Waals surface area contributed by atoms with Crippen molar-refractivity contribution in [3.63, 3.8) is 0 Å². The molecule has 0 aliphatic carbocycles. The number of benzene rings is 2. The van der Waals surface area contributed by atoms with Crippen molar-refractivity contribution in [3.05, 3.63) is 59.7 Å². The first-order chi connectivity index (χ1) is 12.8. The lowest BCUT2D eigenvalue weighted by molar-refractivity contribution is -0.123. The Hall–Kier alpha value is -2.94. The van der Waals surface area contributed by atoms with Crippen LogP contribution in [0.4, 0.5) is 14.5 Å². The number of esters is 1. The molecule has 0 radical (unpaired) electrons. The molecule has 0 saturated carbocycles. The van der Waals surface area contributed by atoms with E-state index in [9.17, 15) is 23.2 Å². The van der Waals surface area contributed by atoms with Gasteiger partial charge in [0.1, 0.15) is 0 Å². The van der Waals surface area contributed by atoms with E-state index in [1.807, 2.05) is 0 Å². The minimum absolute atomic E-state index is 0.160. The Morgan fingerprint density at radius 1 is 1.00 bits per heavy atom. The van der Waals surface area contributed by atoms with Crippen LogP contribution in [0.3, 0.4) is 0 Å². The van der Waals surface area contributed by atoms with Gasteiger partial charge >= 0.3 is 5.97 Å². The predicted octanol–water partition coefficient (Wildman–Crippen LogP) is 3.28. The summed E-state index contributed by atoms with van der Waals surface area (Å²) in [6.45, 7) is 1.39. The van der Waals surface area contributed by atoms with E-state index in [-0.39, 0.29) is 11.1 Å². The Kier molecular flexibility index (Phi) is 6.89. The van der Waals surface area contributed by atoms with Crippen LogP contribution in [-0.4, -0.2) is 29.6 Å². The van der Waals surface area contributed by atoms with Gasteiger partial charge in [0.15, 0.2) is 6.10 Å². The second-order valence-electron chi connectivity index (χ2n) is 5.38. The number of nitrogens with two attached hydrogens (primary N) is 1. The van der Waals surface area contributed by atoms with E-state index in [0.29, 0.717) is 22.3 Å². The zero-order chi connectivity index (χ0) is 20.0. The molecule has 0 fully saturated rings. The Balaban J connectivity index is 1.92. The molecule has 0 saturated heterocycles.